The van der Waals surface area contributed by atoms with Crippen molar-refractivity contribution in [3.63, 3.8) is 0 Å². The SMILES string of the molecule is O=C1[C@H]2[C@H](C(=O)N1c1c(F)c(F)c(F)c(F)c1F)[C@@H]1C=C[C@@H]2C1=C(c1ccc(Br)cc1)c1ccc(Br)cc1. The van der Waals surface area contributed by atoms with E-state index < -0.39 is 70.3 Å². The second-order valence-corrected chi connectivity index (χ2v) is 11.1. The fraction of sp³-hybridized carbons (Fsp3) is 0.143. The summed E-state index contributed by atoms with van der Waals surface area (Å²) in [6.07, 6.45) is 3.54. The van der Waals surface area contributed by atoms with Crippen LogP contribution in [0.25, 0.3) is 5.57 Å². The van der Waals surface area contributed by atoms with Gasteiger partial charge in [0.25, 0.3) is 0 Å². The van der Waals surface area contributed by atoms with Crippen LogP contribution in [0.3, 0.4) is 0 Å². The van der Waals surface area contributed by atoms with Crippen molar-refractivity contribution in [1.29, 1.82) is 0 Å². The van der Waals surface area contributed by atoms with Crippen molar-refractivity contribution in [1.82, 2.24) is 0 Å². The van der Waals surface area contributed by atoms with E-state index in [1.807, 2.05) is 48.5 Å². The van der Waals surface area contributed by atoms with Crippen LogP contribution in [-0.2, 0) is 9.59 Å². The summed E-state index contributed by atoms with van der Waals surface area (Å²) in [5.74, 6) is -16.5. The van der Waals surface area contributed by atoms with Gasteiger partial charge in [-0.1, -0.05) is 68.3 Å². The molecule has 2 bridgehead atoms. The zero-order valence-corrected chi connectivity index (χ0v) is 22.2. The third-order valence-electron chi connectivity index (χ3n) is 7.38. The summed E-state index contributed by atoms with van der Waals surface area (Å²) in [4.78, 5) is 27.1. The van der Waals surface area contributed by atoms with Crippen molar-refractivity contribution >= 4 is 54.9 Å². The van der Waals surface area contributed by atoms with Gasteiger partial charge in [-0.3, -0.25) is 9.59 Å². The largest absolute Gasteiger partial charge is 0.274 e. The van der Waals surface area contributed by atoms with E-state index in [0.717, 1.165) is 31.2 Å². The van der Waals surface area contributed by atoms with Gasteiger partial charge in [-0.2, -0.15) is 0 Å². The lowest BCUT2D eigenvalue weighted by Gasteiger charge is -2.22. The maximum Gasteiger partial charge on any atom is 0.238 e. The number of nitrogens with zero attached hydrogens (tertiary/aromatic N) is 1. The Morgan fingerprint density at radius 3 is 1.37 bits per heavy atom. The Bertz CT molecular complexity index is 1490. The number of halogens is 7. The van der Waals surface area contributed by atoms with Gasteiger partial charge < -0.3 is 0 Å². The van der Waals surface area contributed by atoms with Gasteiger partial charge in [-0.15, -0.1) is 0 Å². The molecule has 0 unspecified atom stereocenters. The summed E-state index contributed by atoms with van der Waals surface area (Å²) >= 11 is 6.85. The van der Waals surface area contributed by atoms with Gasteiger partial charge in [-0.25, -0.2) is 26.9 Å². The molecule has 10 heteroatoms. The minimum Gasteiger partial charge on any atom is -0.274 e. The second-order valence-electron chi connectivity index (χ2n) is 9.26. The lowest BCUT2D eigenvalue weighted by atomic mass is 9.85. The molecule has 0 radical (unpaired) electrons. The van der Waals surface area contributed by atoms with Crippen LogP contribution < -0.4 is 4.90 Å². The van der Waals surface area contributed by atoms with E-state index >= 15 is 0 Å². The zero-order chi connectivity index (χ0) is 27.0. The summed E-state index contributed by atoms with van der Waals surface area (Å²) in [6, 6.07) is 15.0. The monoisotopic (exact) mass is 649 g/mol. The Morgan fingerprint density at radius 2 is 0.974 bits per heavy atom. The van der Waals surface area contributed by atoms with Gasteiger partial charge in [0.1, 0.15) is 5.69 Å². The summed E-state index contributed by atoms with van der Waals surface area (Å²) in [7, 11) is 0. The quantitative estimate of drug-likeness (QED) is 0.0979. The standard InChI is InChI=1S/C28H14Br2F5NO2/c29-13-5-1-11(2-6-13)17(12-3-7-14(30)8-4-12)18-15-9-10-16(18)20-19(15)27(37)36(28(20)38)26-24(34)22(32)21(31)23(33)25(26)35/h1-10,15-16,19-20H/t15-,16-,19-,20-/m1/s1. The highest BCUT2D eigenvalue weighted by Crippen LogP contribution is 2.59. The normalized spacial score (nSPS) is 23.6. The van der Waals surface area contributed by atoms with E-state index in [1.54, 1.807) is 12.2 Å². The van der Waals surface area contributed by atoms with Crippen molar-refractivity contribution in [3.05, 3.63) is 115 Å². The smallest absolute Gasteiger partial charge is 0.238 e. The molecule has 1 saturated heterocycles. The number of carbonyl (C=O) groups is 2. The molecular formula is C28H14Br2F5NO2. The van der Waals surface area contributed by atoms with Gasteiger partial charge >= 0.3 is 0 Å². The van der Waals surface area contributed by atoms with Crippen LogP contribution in [0.1, 0.15) is 11.1 Å². The summed E-state index contributed by atoms with van der Waals surface area (Å²) in [5, 5.41) is 0. The Hall–Kier alpha value is -3.11. The minimum absolute atomic E-state index is 0.133. The summed E-state index contributed by atoms with van der Waals surface area (Å²) < 4.78 is 72.4. The lowest BCUT2D eigenvalue weighted by Crippen LogP contribution is -2.35. The summed E-state index contributed by atoms with van der Waals surface area (Å²) in [6.45, 7) is 0. The van der Waals surface area contributed by atoms with Crippen LogP contribution in [0.2, 0.25) is 0 Å². The highest BCUT2D eigenvalue weighted by atomic mass is 79.9. The van der Waals surface area contributed by atoms with E-state index in [4.69, 9.17) is 0 Å². The van der Waals surface area contributed by atoms with Crippen molar-refractivity contribution < 1.29 is 31.5 Å². The average Bonchev–Trinajstić information content (AvgIpc) is 3.54. The first-order valence-corrected chi connectivity index (χ1v) is 13.0. The van der Waals surface area contributed by atoms with E-state index in [2.05, 4.69) is 31.9 Å². The highest BCUT2D eigenvalue weighted by molar-refractivity contribution is 9.10. The molecule has 0 N–H and O–H groups in total. The molecule has 3 aromatic rings. The maximum atomic E-state index is 14.6. The molecule has 4 atom stereocenters. The van der Waals surface area contributed by atoms with E-state index in [1.165, 1.54) is 0 Å². The van der Waals surface area contributed by atoms with Gasteiger partial charge in [0.05, 0.1) is 11.8 Å². The molecule has 1 heterocycles. The fourth-order valence-corrected chi connectivity index (χ4v) is 6.37. The maximum absolute atomic E-state index is 14.6. The van der Waals surface area contributed by atoms with E-state index in [9.17, 15) is 31.5 Å². The number of benzene rings is 3. The molecule has 1 saturated carbocycles. The molecule has 2 fully saturated rings. The highest BCUT2D eigenvalue weighted by Gasteiger charge is 2.63. The number of imide groups is 1. The first-order chi connectivity index (χ1) is 18.1. The Kier molecular flexibility index (Phi) is 5.95. The molecule has 0 aromatic heterocycles. The van der Waals surface area contributed by atoms with E-state index in [-0.39, 0.29) is 4.90 Å². The van der Waals surface area contributed by atoms with Crippen molar-refractivity contribution in [2.75, 3.05) is 4.90 Å². The Labute approximate surface area is 229 Å². The molecular weight excluding hydrogens is 637 g/mol. The molecule has 0 spiro atoms. The number of carbonyl (C=O) groups excluding carboxylic acids is 2. The van der Waals surface area contributed by atoms with Crippen molar-refractivity contribution in [2.24, 2.45) is 23.7 Å². The zero-order valence-electron chi connectivity index (χ0n) is 19.0. The molecule has 38 heavy (non-hydrogen) atoms. The predicted molar refractivity (Wildman–Crippen MR) is 136 cm³/mol. The number of rotatable bonds is 3. The minimum atomic E-state index is -2.36. The van der Waals surface area contributed by atoms with Crippen LogP contribution in [0.5, 0.6) is 0 Å². The first-order valence-electron chi connectivity index (χ1n) is 11.4. The van der Waals surface area contributed by atoms with Crippen LogP contribution in [0.4, 0.5) is 27.6 Å². The third-order valence-corrected chi connectivity index (χ3v) is 8.44. The second kappa shape index (κ2) is 8.98. The predicted octanol–water partition coefficient (Wildman–Crippen LogP) is 7.33. The molecule has 3 aromatic carbocycles. The number of allylic oxidation sites excluding steroid dienone is 3. The van der Waals surface area contributed by atoms with Crippen molar-refractivity contribution in [2.45, 2.75) is 0 Å². The van der Waals surface area contributed by atoms with Crippen molar-refractivity contribution in [3.8, 4) is 0 Å². The topological polar surface area (TPSA) is 37.4 Å². The Balaban J connectivity index is 1.50. The summed E-state index contributed by atoms with van der Waals surface area (Å²) in [5.41, 5.74) is 1.74. The van der Waals surface area contributed by atoms with E-state index in [0.29, 0.717) is 0 Å². The van der Waals surface area contributed by atoms with Crippen LogP contribution in [0.15, 0.2) is 75.2 Å². The molecule has 1 aliphatic heterocycles. The van der Waals surface area contributed by atoms with Gasteiger partial charge in [-0.05, 0) is 46.5 Å². The Morgan fingerprint density at radius 1 is 0.605 bits per heavy atom. The van der Waals surface area contributed by atoms with Gasteiger partial charge in [0, 0.05) is 20.8 Å². The fourth-order valence-electron chi connectivity index (χ4n) is 5.84. The number of hydrogen-bond donors (Lipinski definition) is 0. The molecule has 192 valence electrons. The van der Waals surface area contributed by atoms with Crippen LogP contribution >= 0.6 is 31.9 Å². The number of hydrogen-bond acceptors (Lipinski definition) is 2. The lowest BCUT2D eigenvalue weighted by molar-refractivity contribution is -0.123. The third kappa shape index (κ3) is 3.49. The average molecular weight is 651 g/mol. The van der Waals surface area contributed by atoms with Gasteiger partial charge in [0.2, 0.25) is 17.6 Å². The molecule has 2 amide bonds. The number of amides is 2. The molecule has 3 aliphatic rings. The van der Waals surface area contributed by atoms with Crippen LogP contribution in [0, 0.1) is 52.8 Å². The first kappa shape index (κ1) is 25.2. The van der Waals surface area contributed by atoms with Gasteiger partial charge in [0.15, 0.2) is 23.3 Å². The van der Waals surface area contributed by atoms with Crippen LogP contribution in [-0.4, -0.2) is 11.8 Å². The molecule has 2 aliphatic carbocycles. The number of fused-ring (bicyclic) bond motifs is 5. The molecule has 6 rings (SSSR count). The molecule has 3 nitrogen and oxygen atoms in total. The number of anilines is 1.